The molecule has 2 heterocycles. The zero-order valence-electron chi connectivity index (χ0n) is 31.8. The number of carbonyl (C=O) groups excluding carboxylic acids is 2. The van der Waals surface area contributed by atoms with Crippen LogP contribution >= 0.6 is 0 Å². The van der Waals surface area contributed by atoms with Crippen LogP contribution in [0.5, 0.6) is 0 Å². The maximum atomic E-state index is 12.6. The van der Waals surface area contributed by atoms with Gasteiger partial charge in [-0.3, -0.25) is 14.5 Å². The predicted octanol–water partition coefficient (Wildman–Crippen LogP) is 7.85. The average molecular weight is 710 g/mol. The number of aliphatic hydroxyl groups excluding tert-OH is 1. The Kier molecular flexibility index (Phi) is 12.2. The van der Waals surface area contributed by atoms with E-state index >= 15 is 0 Å². The van der Waals surface area contributed by atoms with E-state index in [4.69, 9.17) is 9.47 Å². The number of carbonyl (C=O) groups is 2. The second-order valence-electron chi connectivity index (χ2n) is 16.8. The van der Waals surface area contributed by atoms with E-state index in [0.29, 0.717) is 36.4 Å². The number of benzene rings is 3. The molecule has 3 aliphatic rings. The first-order valence-corrected chi connectivity index (χ1v) is 19.4. The Balaban J connectivity index is 1.14. The van der Waals surface area contributed by atoms with Gasteiger partial charge in [-0.2, -0.15) is 0 Å². The lowest BCUT2D eigenvalue weighted by atomic mass is 9.65. The molecule has 2 saturated heterocycles. The summed E-state index contributed by atoms with van der Waals surface area (Å²) >= 11 is 0. The monoisotopic (exact) mass is 709 g/mol. The Hall–Kier alpha value is -3.56. The molecule has 3 N–H and O–H groups in total. The van der Waals surface area contributed by atoms with Gasteiger partial charge in [0.25, 0.3) is 0 Å². The molecule has 2 aliphatic heterocycles. The Labute approximate surface area is 310 Å². The molecule has 8 nitrogen and oxygen atoms in total. The molecule has 1 saturated carbocycles. The summed E-state index contributed by atoms with van der Waals surface area (Å²) in [6, 6.07) is 25.4. The van der Waals surface area contributed by atoms with Gasteiger partial charge in [-0.15, -0.1) is 0 Å². The molecule has 6 rings (SSSR count). The second-order valence-corrected chi connectivity index (χ2v) is 16.8. The van der Waals surface area contributed by atoms with Crippen LogP contribution in [0.2, 0.25) is 0 Å². The molecule has 6 atom stereocenters. The molecule has 2 amide bonds. The van der Waals surface area contributed by atoms with Gasteiger partial charge in [-0.25, -0.2) is 0 Å². The SMILES string of the molecule is CC(=O)NCCCCCC(=O)NCc1ccccc1-c1ccc(C2OC(CN3CC4(C)CC3CC(C)(C)C4)C(C)C(c3ccc(CO)cc3)O2)cc1. The van der Waals surface area contributed by atoms with Gasteiger partial charge in [0, 0.05) is 57.0 Å². The topological polar surface area (TPSA) is 100 Å². The summed E-state index contributed by atoms with van der Waals surface area (Å²) in [6.45, 7) is 14.2. The molecule has 280 valence electrons. The van der Waals surface area contributed by atoms with E-state index in [1.54, 1.807) is 0 Å². The summed E-state index contributed by atoms with van der Waals surface area (Å²) in [5, 5.41) is 15.6. The smallest absolute Gasteiger partial charge is 0.220 e. The maximum Gasteiger partial charge on any atom is 0.220 e. The molecule has 0 radical (unpaired) electrons. The molecule has 3 aromatic rings. The van der Waals surface area contributed by atoms with Crippen molar-refractivity contribution in [3.05, 3.63) is 95.1 Å². The summed E-state index contributed by atoms with van der Waals surface area (Å²) < 4.78 is 13.7. The highest BCUT2D eigenvalue weighted by molar-refractivity contribution is 5.76. The van der Waals surface area contributed by atoms with Crippen molar-refractivity contribution in [3.63, 3.8) is 0 Å². The van der Waals surface area contributed by atoms with E-state index in [2.05, 4.69) is 91.8 Å². The minimum absolute atomic E-state index is 0.00597. The van der Waals surface area contributed by atoms with Crippen LogP contribution in [0.4, 0.5) is 0 Å². The molecular weight excluding hydrogens is 651 g/mol. The lowest BCUT2D eigenvalue weighted by molar-refractivity contribution is -0.276. The summed E-state index contributed by atoms with van der Waals surface area (Å²) in [7, 11) is 0. The van der Waals surface area contributed by atoms with Crippen LogP contribution in [-0.4, -0.2) is 53.6 Å². The first-order valence-electron chi connectivity index (χ1n) is 19.4. The van der Waals surface area contributed by atoms with E-state index < -0.39 is 6.29 Å². The van der Waals surface area contributed by atoms with Crippen molar-refractivity contribution in [1.82, 2.24) is 15.5 Å². The maximum absolute atomic E-state index is 12.6. The van der Waals surface area contributed by atoms with Crippen molar-refractivity contribution in [2.45, 2.75) is 117 Å². The summed E-state index contributed by atoms with van der Waals surface area (Å²) in [5.74, 6) is 0.159. The quantitative estimate of drug-likeness (QED) is 0.148. The van der Waals surface area contributed by atoms with Gasteiger partial charge in [0.05, 0.1) is 18.8 Å². The minimum Gasteiger partial charge on any atom is -0.392 e. The molecule has 3 fully saturated rings. The molecule has 0 aromatic heterocycles. The molecule has 8 heteroatoms. The van der Waals surface area contributed by atoms with Crippen LogP contribution in [0.1, 0.15) is 114 Å². The number of nitrogens with zero attached hydrogens (tertiary/aromatic N) is 1. The van der Waals surface area contributed by atoms with Gasteiger partial charge in [-0.1, -0.05) is 107 Å². The van der Waals surface area contributed by atoms with Gasteiger partial charge >= 0.3 is 0 Å². The zero-order chi connectivity index (χ0) is 36.9. The van der Waals surface area contributed by atoms with Crippen molar-refractivity contribution in [3.8, 4) is 11.1 Å². The third kappa shape index (κ3) is 9.51. The summed E-state index contributed by atoms with van der Waals surface area (Å²) in [5.41, 5.74) is 6.91. The number of unbranched alkanes of at least 4 members (excludes halogenated alkanes) is 2. The highest BCUT2D eigenvalue weighted by Gasteiger charge is 2.51. The molecule has 1 aliphatic carbocycles. The van der Waals surface area contributed by atoms with E-state index in [1.807, 2.05) is 24.3 Å². The first kappa shape index (κ1) is 38.2. The second kappa shape index (κ2) is 16.6. The molecule has 0 spiro atoms. The fraction of sp³-hybridized carbons (Fsp3) is 0.545. The van der Waals surface area contributed by atoms with Crippen LogP contribution in [0, 0.1) is 16.7 Å². The molecular formula is C44H59N3O5. The number of hydrogen-bond acceptors (Lipinski definition) is 6. The highest BCUT2D eigenvalue weighted by Crippen LogP contribution is 2.53. The van der Waals surface area contributed by atoms with E-state index in [9.17, 15) is 14.7 Å². The fourth-order valence-electron chi connectivity index (χ4n) is 9.26. The largest absolute Gasteiger partial charge is 0.392 e. The van der Waals surface area contributed by atoms with E-state index in [1.165, 1.54) is 26.2 Å². The Morgan fingerprint density at radius 3 is 2.35 bits per heavy atom. The first-order chi connectivity index (χ1) is 24.9. The van der Waals surface area contributed by atoms with Crippen molar-refractivity contribution >= 4 is 11.8 Å². The number of amides is 2. The number of aliphatic hydroxyl groups is 1. The number of nitrogens with one attached hydrogen (secondary N) is 2. The lowest BCUT2D eigenvalue weighted by Crippen LogP contribution is -2.46. The van der Waals surface area contributed by atoms with Crippen LogP contribution in [-0.2, 0) is 32.2 Å². The Morgan fingerprint density at radius 2 is 1.62 bits per heavy atom. The molecule has 52 heavy (non-hydrogen) atoms. The predicted molar refractivity (Wildman–Crippen MR) is 205 cm³/mol. The third-order valence-corrected chi connectivity index (χ3v) is 11.5. The van der Waals surface area contributed by atoms with Gasteiger partial charge in [-0.05, 0) is 70.8 Å². The number of hydrogen-bond donors (Lipinski definition) is 3. The normalized spacial score (nSPS) is 26.9. The van der Waals surface area contributed by atoms with Gasteiger partial charge in [0.2, 0.25) is 11.8 Å². The summed E-state index contributed by atoms with van der Waals surface area (Å²) in [4.78, 5) is 26.4. The van der Waals surface area contributed by atoms with Gasteiger partial charge < -0.3 is 25.2 Å². The van der Waals surface area contributed by atoms with Crippen LogP contribution in [0.15, 0.2) is 72.8 Å². The van der Waals surface area contributed by atoms with Crippen molar-refractivity contribution in [2.75, 3.05) is 19.6 Å². The summed E-state index contributed by atoms with van der Waals surface area (Å²) in [6.07, 6.45) is 6.13. The Morgan fingerprint density at radius 1 is 0.885 bits per heavy atom. The average Bonchev–Trinajstić information content (AvgIpc) is 3.36. The zero-order valence-corrected chi connectivity index (χ0v) is 31.8. The number of rotatable bonds is 14. The standard InChI is InChI=1S/C44H59N3O5/c1-30-39(26-47-29-44(5)24-37(47)23-43(3,4)28-44)51-42(52-41(30)34-16-14-32(27-48)15-17-34)35-20-18-33(19-21-35)38-12-9-8-11-36(38)25-46-40(50)13-7-6-10-22-45-31(2)49/h8-9,11-12,14-21,30,37,39,41-42,48H,6-7,10,13,22-29H2,1-5H3,(H,45,49)(H,46,50). The van der Waals surface area contributed by atoms with Crippen molar-refractivity contribution in [1.29, 1.82) is 0 Å². The lowest BCUT2D eigenvalue weighted by Gasteiger charge is -2.43. The van der Waals surface area contributed by atoms with E-state index in [0.717, 1.165) is 65.7 Å². The third-order valence-electron chi connectivity index (χ3n) is 11.5. The Bertz CT molecular complexity index is 1660. The number of likely N-dealkylation sites (tertiary alicyclic amines) is 1. The highest BCUT2D eigenvalue weighted by atomic mass is 16.7. The number of ether oxygens (including phenoxy) is 2. The molecule has 2 bridgehead atoms. The van der Waals surface area contributed by atoms with E-state index in [-0.39, 0.29) is 36.5 Å². The van der Waals surface area contributed by atoms with Gasteiger partial charge in [0.1, 0.15) is 0 Å². The van der Waals surface area contributed by atoms with Crippen molar-refractivity contribution < 1.29 is 24.2 Å². The van der Waals surface area contributed by atoms with Crippen LogP contribution in [0.3, 0.4) is 0 Å². The minimum atomic E-state index is -0.514. The molecule has 3 aromatic carbocycles. The van der Waals surface area contributed by atoms with Crippen LogP contribution in [0.25, 0.3) is 11.1 Å². The van der Waals surface area contributed by atoms with Gasteiger partial charge in [0.15, 0.2) is 6.29 Å². The number of fused-ring (bicyclic) bond motifs is 2. The fourth-order valence-corrected chi connectivity index (χ4v) is 9.26. The van der Waals surface area contributed by atoms with Crippen molar-refractivity contribution in [2.24, 2.45) is 16.7 Å². The molecule has 6 unspecified atom stereocenters. The van der Waals surface area contributed by atoms with Crippen LogP contribution < -0.4 is 10.6 Å².